The van der Waals surface area contributed by atoms with E-state index in [9.17, 15) is 20.0 Å². The summed E-state index contributed by atoms with van der Waals surface area (Å²) in [7, 11) is 0. The Morgan fingerprint density at radius 2 is 2.28 bits per heavy atom. The van der Waals surface area contributed by atoms with Crippen LogP contribution >= 0.6 is 0 Å². The molecule has 18 heavy (non-hydrogen) atoms. The number of nitro groups is 1. The summed E-state index contributed by atoms with van der Waals surface area (Å²) >= 11 is 0. The number of aliphatic hydroxyl groups is 1. The molecule has 7 heteroatoms. The molecule has 0 bridgehead atoms. The molecule has 1 aliphatic carbocycles. The van der Waals surface area contributed by atoms with E-state index >= 15 is 0 Å². The van der Waals surface area contributed by atoms with Crippen LogP contribution in [0.4, 0.5) is 0 Å². The monoisotopic (exact) mass is 254 g/mol. The van der Waals surface area contributed by atoms with Gasteiger partial charge in [0.15, 0.2) is 0 Å². The lowest BCUT2D eigenvalue weighted by Crippen LogP contribution is -2.55. The second-order valence-electron chi connectivity index (χ2n) is 4.16. The summed E-state index contributed by atoms with van der Waals surface area (Å²) in [6.07, 6.45) is 4.31. The predicted molar refractivity (Wildman–Crippen MR) is 63.2 cm³/mol. The van der Waals surface area contributed by atoms with Gasteiger partial charge in [-0.05, 0) is 25.0 Å². The molecule has 0 aromatic rings. The van der Waals surface area contributed by atoms with Crippen molar-refractivity contribution >= 4 is 5.97 Å². The lowest BCUT2D eigenvalue weighted by atomic mass is 9.89. The van der Waals surface area contributed by atoms with Crippen molar-refractivity contribution < 1.29 is 19.9 Å². The van der Waals surface area contributed by atoms with Crippen molar-refractivity contribution in [3.63, 3.8) is 0 Å². The summed E-state index contributed by atoms with van der Waals surface area (Å²) < 4.78 is 0. The van der Waals surface area contributed by atoms with Gasteiger partial charge in [0, 0.05) is 6.08 Å². The molecule has 0 saturated heterocycles. The van der Waals surface area contributed by atoms with E-state index in [2.05, 4.69) is 0 Å². The van der Waals surface area contributed by atoms with Gasteiger partial charge in [0.05, 0.1) is 4.92 Å². The van der Waals surface area contributed by atoms with E-state index in [-0.39, 0.29) is 11.3 Å². The van der Waals surface area contributed by atoms with E-state index in [1.165, 1.54) is 12.2 Å². The number of aliphatic carboxylic acids is 1. The Bertz CT molecular complexity index is 462. The Labute approximate surface area is 103 Å². The highest BCUT2D eigenvalue weighted by Gasteiger charge is 2.38. The van der Waals surface area contributed by atoms with Gasteiger partial charge in [-0.1, -0.05) is 12.2 Å². The normalized spacial score (nSPS) is 20.2. The summed E-state index contributed by atoms with van der Waals surface area (Å²) in [5.41, 5.74) is 3.48. The molecule has 0 aliphatic heterocycles. The number of nitrogens with zero attached hydrogens (tertiary/aromatic N) is 1. The van der Waals surface area contributed by atoms with Crippen LogP contribution in [0.3, 0.4) is 0 Å². The van der Waals surface area contributed by atoms with Crippen molar-refractivity contribution in [3.05, 3.63) is 45.7 Å². The number of hydrogen-bond donors (Lipinski definition) is 3. The number of carbonyl (C=O) groups is 1. The molecule has 0 saturated carbocycles. The van der Waals surface area contributed by atoms with E-state index in [4.69, 9.17) is 10.8 Å². The molecular weight excluding hydrogens is 240 g/mol. The van der Waals surface area contributed by atoms with Gasteiger partial charge in [-0.3, -0.25) is 14.9 Å². The van der Waals surface area contributed by atoms with Crippen LogP contribution in [-0.4, -0.2) is 32.7 Å². The maximum absolute atomic E-state index is 10.9. The van der Waals surface area contributed by atoms with Crippen LogP contribution in [-0.2, 0) is 4.79 Å². The van der Waals surface area contributed by atoms with Crippen LogP contribution in [0.1, 0.15) is 13.3 Å². The summed E-state index contributed by atoms with van der Waals surface area (Å²) in [4.78, 5) is 21.0. The van der Waals surface area contributed by atoms with Gasteiger partial charge in [0.1, 0.15) is 11.6 Å². The average Bonchev–Trinajstić information content (AvgIpc) is 2.53. The zero-order chi connectivity index (χ0) is 13.9. The lowest BCUT2D eigenvalue weighted by molar-refractivity contribution is -0.419. The van der Waals surface area contributed by atoms with Gasteiger partial charge in [0.25, 0.3) is 5.70 Å². The smallest absolute Gasteiger partial charge is 0.326 e. The Morgan fingerprint density at radius 1 is 1.67 bits per heavy atom. The van der Waals surface area contributed by atoms with E-state index < -0.39 is 22.5 Å². The first kappa shape index (κ1) is 14.1. The van der Waals surface area contributed by atoms with Gasteiger partial charge in [0.2, 0.25) is 0 Å². The van der Waals surface area contributed by atoms with Crippen molar-refractivity contribution in [3.8, 4) is 0 Å². The van der Waals surface area contributed by atoms with Crippen molar-refractivity contribution in [2.24, 2.45) is 5.73 Å². The minimum absolute atomic E-state index is 0.0999. The molecule has 98 valence electrons. The lowest BCUT2D eigenvalue weighted by Gasteiger charge is -2.26. The van der Waals surface area contributed by atoms with E-state index in [1.807, 2.05) is 0 Å². The number of hydrogen-bond acceptors (Lipinski definition) is 5. The number of carboxylic acids is 1. The molecular formula is C11H14N2O5. The maximum atomic E-state index is 10.9. The topological polar surface area (TPSA) is 127 Å². The standard InChI is InChI=1S/C11H14N2O5/c1-11(12,10(15)16)9(14)7-4-2-3-5-8(6-7)13(17)18/h2,4-6,9,14H,3,12H2,1H3,(H,15,16)/t9?,11-/m0/s1. The number of carboxylic acid groups (broad SMARTS) is 1. The summed E-state index contributed by atoms with van der Waals surface area (Å²) in [6, 6.07) is 0. The molecule has 4 N–H and O–H groups in total. The minimum atomic E-state index is -1.91. The summed E-state index contributed by atoms with van der Waals surface area (Å²) in [5.74, 6) is -1.39. The highest BCUT2D eigenvalue weighted by Crippen LogP contribution is 2.21. The molecule has 0 aromatic heterocycles. The van der Waals surface area contributed by atoms with E-state index in [0.29, 0.717) is 6.42 Å². The second-order valence-corrected chi connectivity index (χ2v) is 4.16. The molecule has 2 atom stereocenters. The SMILES string of the molecule is C[C@@](N)(C(=O)O)C(O)C1=CC([N+](=O)[O-])=CCC=C1. The zero-order valence-corrected chi connectivity index (χ0v) is 9.74. The van der Waals surface area contributed by atoms with Gasteiger partial charge < -0.3 is 15.9 Å². The van der Waals surface area contributed by atoms with Crippen LogP contribution in [0.15, 0.2) is 35.6 Å². The van der Waals surface area contributed by atoms with E-state index in [0.717, 1.165) is 13.0 Å². The average molecular weight is 254 g/mol. The van der Waals surface area contributed by atoms with Crippen LogP contribution in [0.25, 0.3) is 0 Å². The fourth-order valence-electron chi connectivity index (χ4n) is 1.43. The third kappa shape index (κ3) is 2.82. The Balaban J connectivity index is 3.12. The molecule has 7 nitrogen and oxygen atoms in total. The number of allylic oxidation sites excluding steroid dienone is 3. The predicted octanol–water partition coefficient (Wildman–Crippen LogP) is 0.196. The molecule has 0 radical (unpaired) electrons. The minimum Gasteiger partial charge on any atom is -0.480 e. The van der Waals surface area contributed by atoms with Crippen molar-refractivity contribution in [2.45, 2.75) is 25.0 Å². The molecule has 1 unspecified atom stereocenters. The number of aliphatic hydroxyl groups excluding tert-OH is 1. The first-order valence-corrected chi connectivity index (χ1v) is 5.20. The van der Waals surface area contributed by atoms with Gasteiger partial charge >= 0.3 is 5.97 Å². The summed E-state index contributed by atoms with van der Waals surface area (Å²) in [5, 5.41) is 29.5. The van der Waals surface area contributed by atoms with Gasteiger partial charge in [-0.25, -0.2) is 0 Å². The highest BCUT2D eigenvalue weighted by atomic mass is 16.6. The second kappa shape index (κ2) is 5.11. The van der Waals surface area contributed by atoms with Crippen LogP contribution in [0.2, 0.25) is 0 Å². The largest absolute Gasteiger partial charge is 0.480 e. The quantitative estimate of drug-likeness (QED) is 0.485. The molecule has 1 rings (SSSR count). The molecule has 0 heterocycles. The fourth-order valence-corrected chi connectivity index (χ4v) is 1.43. The molecule has 0 aromatic carbocycles. The van der Waals surface area contributed by atoms with Crippen LogP contribution in [0.5, 0.6) is 0 Å². The van der Waals surface area contributed by atoms with Crippen LogP contribution < -0.4 is 5.73 Å². The Kier molecular flexibility index (Phi) is 4.00. The van der Waals surface area contributed by atoms with Gasteiger partial charge in [-0.2, -0.15) is 0 Å². The number of rotatable bonds is 4. The molecule has 1 aliphatic rings. The fraction of sp³-hybridized carbons (Fsp3) is 0.364. The number of nitrogens with two attached hydrogens (primary N) is 1. The zero-order valence-electron chi connectivity index (χ0n) is 9.74. The first-order valence-electron chi connectivity index (χ1n) is 5.20. The highest BCUT2D eigenvalue weighted by molar-refractivity contribution is 5.79. The molecule has 0 fully saturated rings. The van der Waals surface area contributed by atoms with Crippen LogP contribution in [0, 0.1) is 10.1 Å². The Morgan fingerprint density at radius 3 is 2.78 bits per heavy atom. The third-order valence-corrected chi connectivity index (χ3v) is 2.64. The molecule has 0 spiro atoms. The van der Waals surface area contributed by atoms with Crippen molar-refractivity contribution in [2.75, 3.05) is 0 Å². The molecule has 0 amide bonds. The first-order chi connectivity index (χ1) is 8.26. The third-order valence-electron chi connectivity index (χ3n) is 2.64. The van der Waals surface area contributed by atoms with Crippen molar-refractivity contribution in [1.82, 2.24) is 0 Å². The van der Waals surface area contributed by atoms with E-state index in [1.54, 1.807) is 6.08 Å². The van der Waals surface area contributed by atoms with Crippen molar-refractivity contribution in [1.29, 1.82) is 0 Å². The van der Waals surface area contributed by atoms with Gasteiger partial charge in [-0.15, -0.1) is 0 Å². The Hall–Kier alpha value is -1.99. The maximum Gasteiger partial charge on any atom is 0.326 e. The summed E-state index contributed by atoms with van der Waals surface area (Å²) in [6.45, 7) is 1.15.